The molecule has 6 rings (SSSR count). The van der Waals surface area contributed by atoms with E-state index in [1.165, 1.54) is 81.4 Å². The van der Waals surface area contributed by atoms with Gasteiger partial charge in [0, 0.05) is 0 Å². The first-order valence-electron chi connectivity index (χ1n) is 12.4. The Bertz CT molecular complexity index is 1120. The van der Waals surface area contributed by atoms with Crippen LogP contribution in [-0.2, 0) is 35.8 Å². The van der Waals surface area contributed by atoms with Crippen molar-refractivity contribution in [3.05, 3.63) is 82.9 Å². The van der Waals surface area contributed by atoms with E-state index in [1.807, 2.05) is 0 Å². The van der Waals surface area contributed by atoms with Crippen molar-refractivity contribution in [1.82, 2.24) is 0 Å². The molecule has 4 heteroatoms. The van der Waals surface area contributed by atoms with Gasteiger partial charge in [0.05, 0.1) is 0 Å². The van der Waals surface area contributed by atoms with Crippen LogP contribution >= 0.6 is 24.8 Å². The molecule has 0 aliphatic heterocycles. The van der Waals surface area contributed by atoms with Crippen LogP contribution in [0.4, 0.5) is 0 Å². The SMILES string of the molecule is CCc1cc2c(C3CC3)cccc2[cH-]1.CCc1cc2c(C3CC3)cccc2[cH-]1.C[Si](C)=[Hf+2].Cl.Cl. The Hall–Kier alpha value is -0.673. The minimum atomic E-state index is 0. The summed E-state index contributed by atoms with van der Waals surface area (Å²) in [7, 11) is 0. The van der Waals surface area contributed by atoms with Crippen molar-refractivity contribution in [3.8, 4) is 0 Å². The Kier molecular flexibility index (Phi) is 11.8. The Balaban J connectivity index is 0.000000198. The summed E-state index contributed by atoms with van der Waals surface area (Å²) in [6, 6.07) is 22.9. The van der Waals surface area contributed by atoms with Crippen molar-refractivity contribution in [2.24, 2.45) is 0 Å². The maximum atomic E-state index is 2.38. The minimum Gasteiger partial charge on any atom is -0.147 e. The normalized spacial score (nSPS) is 14.3. The molecular formula is C30H38Cl2HfSi. The molecule has 0 saturated heterocycles. The molecule has 0 spiro atoms. The Labute approximate surface area is 233 Å². The number of benzene rings is 2. The summed E-state index contributed by atoms with van der Waals surface area (Å²) in [6.45, 7) is 9.11. The Morgan fingerprint density at radius 3 is 1.38 bits per heavy atom. The second kappa shape index (κ2) is 13.6. The van der Waals surface area contributed by atoms with Gasteiger partial charge in [-0.2, -0.15) is 12.1 Å². The predicted octanol–water partition coefficient (Wildman–Crippen LogP) is 9.62. The van der Waals surface area contributed by atoms with Crippen LogP contribution in [0.1, 0.15) is 73.6 Å². The van der Waals surface area contributed by atoms with Crippen molar-refractivity contribution in [1.29, 1.82) is 0 Å². The van der Waals surface area contributed by atoms with E-state index < -0.39 is 0 Å². The molecule has 0 nitrogen and oxygen atoms in total. The number of hydrogen-bond acceptors (Lipinski definition) is 0. The van der Waals surface area contributed by atoms with E-state index in [4.69, 9.17) is 0 Å². The van der Waals surface area contributed by atoms with Gasteiger partial charge in [-0.1, -0.05) is 37.1 Å². The number of rotatable bonds is 4. The topological polar surface area (TPSA) is 0 Å². The molecule has 0 atom stereocenters. The molecule has 2 aliphatic rings. The fraction of sp³-hybridized carbons (Fsp3) is 0.400. The van der Waals surface area contributed by atoms with Gasteiger partial charge in [-0.15, -0.1) is 93.9 Å². The molecule has 2 aliphatic carbocycles. The monoisotopic (exact) mass is 676 g/mol. The summed E-state index contributed by atoms with van der Waals surface area (Å²) in [5.41, 5.74) is 6.39. The van der Waals surface area contributed by atoms with Gasteiger partial charge in [0.2, 0.25) is 0 Å². The van der Waals surface area contributed by atoms with Crippen molar-refractivity contribution >= 4 is 51.9 Å². The van der Waals surface area contributed by atoms with E-state index in [0.717, 1.165) is 24.7 Å². The Morgan fingerprint density at radius 2 is 1.09 bits per heavy atom. The molecule has 4 aromatic carbocycles. The largest absolute Gasteiger partial charge is 0.147 e. The van der Waals surface area contributed by atoms with E-state index >= 15 is 0 Å². The smallest absolute Gasteiger partial charge is 0.147 e. The van der Waals surface area contributed by atoms with Crippen molar-refractivity contribution in [3.63, 3.8) is 0 Å². The molecule has 0 heterocycles. The molecule has 0 N–H and O–H groups in total. The van der Waals surface area contributed by atoms with Crippen LogP contribution < -0.4 is 0 Å². The molecule has 2 fully saturated rings. The van der Waals surface area contributed by atoms with Gasteiger partial charge in [0.25, 0.3) is 0 Å². The predicted molar refractivity (Wildman–Crippen MR) is 154 cm³/mol. The fourth-order valence-electron chi connectivity index (χ4n) is 4.55. The van der Waals surface area contributed by atoms with Crippen molar-refractivity contribution < 1.29 is 23.0 Å². The standard InChI is InChI=1S/2C14H15.C2H6Si.2ClH.Hf/c2*1-2-10-8-12-4-3-5-13(11-6-7-11)14(12)9-10;1-3-2;;;/h2*3-5,8-9,11H,2,6-7H2,1H3;1-2H3;2*1H;/q2*-1;;;;+2. The van der Waals surface area contributed by atoms with Gasteiger partial charge in [0.1, 0.15) is 0 Å². The number of aryl methyl sites for hydroxylation is 2. The van der Waals surface area contributed by atoms with Crippen LogP contribution in [-0.4, -0.2) is 5.49 Å². The molecule has 0 unspecified atom stereocenters. The number of fused-ring (bicyclic) bond motifs is 2. The molecule has 2 saturated carbocycles. The van der Waals surface area contributed by atoms with Crippen molar-refractivity contribution in [2.75, 3.05) is 0 Å². The van der Waals surface area contributed by atoms with E-state index in [9.17, 15) is 0 Å². The Morgan fingerprint density at radius 1 is 0.735 bits per heavy atom. The second-order valence-corrected chi connectivity index (χ2v) is 22.5. The van der Waals surface area contributed by atoms with Gasteiger partial charge >= 0.3 is 41.6 Å². The molecular weight excluding hydrogens is 638 g/mol. The van der Waals surface area contributed by atoms with Crippen LogP contribution in [0.25, 0.3) is 21.5 Å². The van der Waals surface area contributed by atoms with Crippen LogP contribution in [0.15, 0.2) is 60.7 Å². The maximum absolute atomic E-state index is 2.38. The van der Waals surface area contributed by atoms with Gasteiger partial charge in [-0.3, -0.25) is 0 Å². The molecule has 0 amide bonds. The summed E-state index contributed by atoms with van der Waals surface area (Å²) in [5, 5.41) is 5.89. The second-order valence-electron chi connectivity index (χ2n) is 9.68. The van der Waals surface area contributed by atoms with E-state index in [-0.39, 0.29) is 30.3 Å². The number of halogens is 2. The third-order valence-electron chi connectivity index (χ3n) is 6.54. The van der Waals surface area contributed by atoms with E-state index in [2.05, 4.69) is 87.6 Å². The van der Waals surface area contributed by atoms with E-state index in [0.29, 0.717) is 0 Å². The van der Waals surface area contributed by atoms with Crippen LogP contribution in [0.5, 0.6) is 0 Å². The molecule has 180 valence electrons. The van der Waals surface area contributed by atoms with E-state index in [1.54, 1.807) is 11.1 Å². The first-order valence-corrected chi connectivity index (χ1v) is 20.3. The third kappa shape index (κ3) is 7.66. The maximum Gasteiger partial charge on any atom is -0.147 e. The summed E-state index contributed by atoms with van der Waals surface area (Å²) in [4.78, 5) is 0. The number of hydrogen-bond donors (Lipinski definition) is 0. The van der Waals surface area contributed by atoms with Gasteiger partial charge < -0.3 is 0 Å². The summed E-state index contributed by atoms with van der Waals surface area (Å²) in [6.07, 6.45) is 7.88. The van der Waals surface area contributed by atoms with Crippen LogP contribution in [0.3, 0.4) is 0 Å². The summed E-state index contributed by atoms with van der Waals surface area (Å²) >= 11 is 1.45. The molecule has 4 aromatic rings. The first kappa shape index (κ1) is 29.6. The zero-order chi connectivity index (χ0) is 22.7. The quantitative estimate of drug-likeness (QED) is 0.149. The van der Waals surface area contributed by atoms with Gasteiger partial charge in [-0.25, -0.2) is 0 Å². The molecule has 34 heavy (non-hydrogen) atoms. The van der Waals surface area contributed by atoms with Gasteiger partial charge in [-0.05, 0) is 50.4 Å². The summed E-state index contributed by atoms with van der Waals surface area (Å²) in [5.74, 6) is 1.73. The average Bonchev–Trinajstić information content (AvgIpc) is 3.71. The van der Waals surface area contributed by atoms with Gasteiger partial charge in [0.15, 0.2) is 0 Å². The third-order valence-corrected chi connectivity index (χ3v) is 6.54. The zero-order valence-electron chi connectivity index (χ0n) is 21.0. The fourth-order valence-corrected chi connectivity index (χ4v) is 4.55. The summed E-state index contributed by atoms with van der Waals surface area (Å²) < 4.78 is 0. The minimum absolute atomic E-state index is 0. The molecule has 0 aromatic heterocycles. The zero-order valence-corrected chi connectivity index (χ0v) is 27.2. The molecule has 0 radical (unpaired) electrons. The first-order chi connectivity index (χ1) is 15.5. The van der Waals surface area contributed by atoms with Crippen LogP contribution in [0, 0.1) is 0 Å². The van der Waals surface area contributed by atoms with Crippen molar-refractivity contribution in [2.45, 2.75) is 77.3 Å². The van der Waals surface area contributed by atoms with Crippen LogP contribution in [0.2, 0.25) is 13.1 Å². The average molecular weight is 676 g/mol. The molecule has 0 bridgehead atoms.